The van der Waals surface area contributed by atoms with E-state index in [0.29, 0.717) is 28.5 Å². The van der Waals surface area contributed by atoms with Gasteiger partial charge in [-0.3, -0.25) is 9.59 Å². The highest BCUT2D eigenvalue weighted by atomic mass is 35.5. The highest BCUT2D eigenvalue weighted by molar-refractivity contribution is 6.33. The Bertz CT molecular complexity index is 591. The maximum absolute atomic E-state index is 11.6. The molecule has 0 bridgehead atoms. The first-order valence-corrected chi connectivity index (χ1v) is 6.98. The molecule has 7 heteroatoms. The number of benzene rings is 1. The Morgan fingerprint density at radius 2 is 2.24 bits per heavy atom. The van der Waals surface area contributed by atoms with Gasteiger partial charge in [0.1, 0.15) is 0 Å². The smallest absolute Gasteiger partial charge is 0.257 e. The molecule has 0 radical (unpaired) electrons. The SMILES string of the molecule is CNC(=O)C(C)CN(C)c1cc2c(cc1Cl)C(O)C(=O)N2. The van der Waals surface area contributed by atoms with E-state index in [1.54, 1.807) is 19.2 Å². The summed E-state index contributed by atoms with van der Waals surface area (Å²) in [5, 5.41) is 15.3. The number of halogens is 1. The maximum Gasteiger partial charge on any atom is 0.257 e. The van der Waals surface area contributed by atoms with Crippen LogP contribution in [0.1, 0.15) is 18.6 Å². The molecule has 0 saturated heterocycles. The van der Waals surface area contributed by atoms with Crippen LogP contribution in [0.4, 0.5) is 11.4 Å². The molecule has 0 spiro atoms. The zero-order chi connectivity index (χ0) is 15.7. The number of carbonyl (C=O) groups is 2. The monoisotopic (exact) mass is 311 g/mol. The van der Waals surface area contributed by atoms with Gasteiger partial charge in [0.25, 0.3) is 5.91 Å². The van der Waals surface area contributed by atoms with Crippen molar-refractivity contribution in [2.45, 2.75) is 13.0 Å². The summed E-state index contributed by atoms with van der Waals surface area (Å²) < 4.78 is 0. The molecule has 2 unspecified atom stereocenters. The zero-order valence-electron chi connectivity index (χ0n) is 12.1. The number of fused-ring (bicyclic) bond motifs is 1. The number of anilines is 2. The van der Waals surface area contributed by atoms with Gasteiger partial charge in [0, 0.05) is 31.9 Å². The fourth-order valence-corrected chi connectivity index (χ4v) is 2.70. The van der Waals surface area contributed by atoms with Crippen LogP contribution in [0.15, 0.2) is 12.1 Å². The number of carbonyl (C=O) groups excluding carboxylic acids is 2. The van der Waals surface area contributed by atoms with Crippen LogP contribution in [0.5, 0.6) is 0 Å². The summed E-state index contributed by atoms with van der Waals surface area (Å²) in [4.78, 5) is 24.9. The second kappa shape index (κ2) is 5.91. The minimum Gasteiger partial charge on any atom is -0.378 e. The van der Waals surface area contributed by atoms with Crippen molar-refractivity contribution in [3.8, 4) is 0 Å². The normalized spacial score (nSPS) is 18.0. The molecule has 0 aromatic heterocycles. The van der Waals surface area contributed by atoms with Gasteiger partial charge in [-0.2, -0.15) is 0 Å². The Hall–Kier alpha value is -1.79. The molecule has 0 fully saturated rings. The zero-order valence-corrected chi connectivity index (χ0v) is 12.9. The Kier molecular flexibility index (Phi) is 4.39. The first-order chi connectivity index (χ1) is 9.85. The third kappa shape index (κ3) is 2.96. The van der Waals surface area contributed by atoms with Crippen LogP contribution in [-0.2, 0) is 9.59 Å². The van der Waals surface area contributed by atoms with Crippen molar-refractivity contribution in [1.29, 1.82) is 0 Å². The van der Waals surface area contributed by atoms with Gasteiger partial charge in [0.15, 0.2) is 6.10 Å². The Morgan fingerprint density at radius 1 is 1.57 bits per heavy atom. The first kappa shape index (κ1) is 15.6. The van der Waals surface area contributed by atoms with Gasteiger partial charge in [0.05, 0.1) is 16.6 Å². The summed E-state index contributed by atoms with van der Waals surface area (Å²) in [6, 6.07) is 3.29. The second-order valence-corrected chi connectivity index (χ2v) is 5.59. The molecule has 0 saturated carbocycles. The summed E-state index contributed by atoms with van der Waals surface area (Å²) in [5.74, 6) is -0.716. The van der Waals surface area contributed by atoms with Gasteiger partial charge < -0.3 is 20.6 Å². The molecule has 1 aromatic carbocycles. The van der Waals surface area contributed by atoms with Gasteiger partial charge in [-0.15, -0.1) is 0 Å². The van der Waals surface area contributed by atoms with E-state index < -0.39 is 12.0 Å². The topological polar surface area (TPSA) is 81.7 Å². The number of hydrogen-bond acceptors (Lipinski definition) is 4. The van der Waals surface area contributed by atoms with E-state index in [1.165, 1.54) is 0 Å². The van der Waals surface area contributed by atoms with Crippen LogP contribution in [0, 0.1) is 5.92 Å². The summed E-state index contributed by atoms with van der Waals surface area (Å²) in [6.07, 6.45) is -1.18. The number of aliphatic hydroxyl groups excluding tert-OH is 1. The maximum atomic E-state index is 11.6. The summed E-state index contributed by atoms with van der Waals surface area (Å²) in [7, 11) is 3.42. The lowest BCUT2D eigenvalue weighted by molar-refractivity contribution is -0.124. The quantitative estimate of drug-likeness (QED) is 0.779. The average Bonchev–Trinajstić information content (AvgIpc) is 2.72. The van der Waals surface area contributed by atoms with E-state index >= 15 is 0 Å². The molecule has 2 atom stereocenters. The van der Waals surface area contributed by atoms with Crippen molar-refractivity contribution in [3.63, 3.8) is 0 Å². The lowest BCUT2D eigenvalue weighted by Crippen LogP contribution is -2.34. The highest BCUT2D eigenvalue weighted by Gasteiger charge is 2.30. The molecule has 21 heavy (non-hydrogen) atoms. The van der Waals surface area contributed by atoms with Crippen LogP contribution in [0.2, 0.25) is 5.02 Å². The molecule has 0 aliphatic carbocycles. The van der Waals surface area contributed by atoms with Gasteiger partial charge in [0.2, 0.25) is 5.91 Å². The van der Waals surface area contributed by atoms with Gasteiger partial charge in [-0.25, -0.2) is 0 Å². The number of nitrogens with zero attached hydrogens (tertiary/aromatic N) is 1. The molecular weight excluding hydrogens is 294 g/mol. The minimum absolute atomic E-state index is 0.0529. The molecular formula is C14H18ClN3O3. The van der Waals surface area contributed by atoms with Crippen LogP contribution in [-0.4, -0.2) is 37.6 Å². The molecule has 2 amide bonds. The van der Waals surface area contributed by atoms with E-state index in [1.807, 2.05) is 18.9 Å². The van der Waals surface area contributed by atoms with E-state index in [2.05, 4.69) is 10.6 Å². The first-order valence-electron chi connectivity index (χ1n) is 6.60. The minimum atomic E-state index is -1.18. The van der Waals surface area contributed by atoms with Crippen LogP contribution in [0.3, 0.4) is 0 Å². The van der Waals surface area contributed by atoms with Crippen molar-refractivity contribution in [2.24, 2.45) is 5.92 Å². The van der Waals surface area contributed by atoms with Crippen molar-refractivity contribution in [2.75, 3.05) is 30.9 Å². The second-order valence-electron chi connectivity index (χ2n) is 5.18. The van der Waals surface area contributed by atoms with Crippen molar-refractivity contribution >= 4 is 34.8 Å². The molecule has 1 aromatic rings. The average molecular weight is 312 g/mol. The predicted molar refractivity (Wildman–Crippen MR) is 81.5 cm³/mol. The molecule has 3 N–H and O–H groups in total. The molecule has 114 valence electrons. The van der Waals surface area contributed by atoms with Crippen LogP contribution < -0.4 is 15.5 Å². The highest BCUT2D eigenvalue weighted by Crippen LogP contribution is 2.38. The van der Waals surface area contributed by atoms with Gasteiger partial charge in [-0.05, 0) is 12.1 Å². The van der Waals surface area contributed by atoms with E-state index in [-0.39, 0.29) is 11.8 Å². The van der Waals surface area contributed by atoms with E-state index in [0.717, 1.165) is 0 Å². The summed E-state index contributed by atoms with van der Waals surface area (Å²) in [5.41, 5.74) is 1.72. The van der Waals surface area contributed by atoms with Gasteiger partial charge in [-0.1, -0.05) is 18.5 Å². The van der Waals surface area contributed by atoms with Crippen molar-refractivity contribution in [1.82, 2.24) is 5.32 Å². The van der Waals surface area contributed by atoms with E-state index in [9.17, 15) is 14.7 Å². The molecule has 1 aliphatic rings. The lowest BCUT2D eigenvalue weighted by Gasteiger charge is -2.24. The summed E-state index contributed by atoms with van der Waals surface area (Å²) >= 11 is 6.22. The van der Waals surface area contributed by atoms with Gasteiger partial charge >= 0.3 is 0 Å². The lowest BCUT2D eigenvalue weighted by atomic mass is 10.1. The fourth-order valence-electron chi connectivity index (χ4n) is 2.38. The third-order valence-electron chi connectivity index (χ3n) is 3.57. The molecule has 2 rings (SSSR count). The molecule has 1 heterocycles. The van der Waals surface area contributed by atoms with Crippen molar-refractivity contribution in [3.05, 3.63) is 22.7 Å². The fraction of sp³-hybridized carbons (Fsp3) is 0.429. The number of rotatable bonds is 4. The molecule has 6 nitrogen and oxygen atoms in total. The van der Waals surface area contributed by atoms with E-state index in [4.69, 9.17) is 11.6 Å². The predicted octanol–water partition coefficient (Wildman–Crippen LogP) is 1.14. The third-order valence-corrected chi connectivity index (χ3v) is 3.88. The van der Waals surface area contributed by atoms with Crippen LogP contribution >= 0.6 is 11.6 Å². The largest absolute Gasteiger partial charge is 0.378 e. The Morgan fingerprint density at radius 3 is 2.86 bits per heavy atom. The van der Waals surface area contributed by atoms with Crippen molar-refractivity contribution < 1.29 is 14.7 Å². The Labute approximate surface area is 128 Å². The molecule has 1 aliphatic heterocycles. The summed E-state index contributed by atoms with van der Waals surface area (Å²) in [6.45, 7) is 2.30. The number of nitrogens with one attached hydrogen (secondary N) is 2. The standard InChI is InChI=1S/C14H18ClN3O3/c1-7(13(20)16-2)6-18(3)11-5-10-8(4-9(11)15)12(19)14(21)17-10/h4-5,7,12,19H,6H2,1-3H3,(H,16,20)(H,17,21). The van der Waals surface area contributed by atoms with Crippen LogP contribution in [0.25, 0.3) is 0 Å². The number of amides is 2. The number of hydrogen-bond donors (Lipinski definition) is 3. The Balaban J connectivity index is 2.23. The number of aliphatic hydroxyl groups is 1.